The zero-order valence-corrected chi connectivity index (χ0v) is 17.2. The standard InChI is InChI=1S/C17H21N5O2S.C2H6/c1-5-9-18-15(23)11-10-19-16(25-4)22-14(11)21-13-8-6-7-12(20-13)17(2,3)24;1-2/h5-8,10,24H,1,9H2,2-4H3,(H,18,23)(H,19,20,21,22);1-2H3. The molecule has 0 spiro atoms. The Hall–Kier alpha value is -2.45. The molecule has 0 radical (unpaired) electrons. The molecule has 0 aliphatic heterocycles. The highest BCUT2D eigenvalue weighted by Gasteiger charge is 2.19. The van der Waals surface area contributed by atoms with E-state index in [1.54, 1.807) is 38.1 Å². The lowest BCUT2D eigenvalue weighted by Crippen LogP contribution is -2.25. The number of pyridine rings is 1. The fraction of sp³-hybridized carbons (Fsp3) is 0.368. The van der Waals surface area contributed by atoms with Gasteiger partial charge in [-0.05, 0) is 32.2 Å². The summed E-state index contributed by atoms with van der Waals surface area (Å²) in [5.74, 6) is 0.512. The average molecular weight is 390 g/mol. The molecule has 2 aromatic rings. The summed E-state index contributed by atoms with van der Waals surface area (Å²) < 4.78 is 0. The van der Waals surface area contributed by atoms with E-state index in [9.17, 15) is 9.90 Å². The van der Waals surface area contributed by atoms with Crippen molar-refractivity contribution in [1.82, 2.24) is 20.3 Å². The first-order chi connectivity index (χ1) is 12.8. The Morgan fingerprint density at radius 3 is 2.63 bits per heavy atom. The highest BCUT2D eigenvalue weighted by molar-refractivity contribution is 7.98. The molecule has 0 fully saturated rings. The summed E-state index contributed by atoms with van der Waals surface area (Å²) in [6.45, 7) is 11.2. The molecule has 0 aromatic carbocycles. The first-order valence-electron chi connectivity index (χ1n) is 8.62. The van der Waals surface area contributed by atoms with Gasteiger partial charge in [0.15, 0.2) is 5.16 Å². The fourth-order valence-corrected chi connectivity index (χ4v) is 2.29. The van der Waals surface area contributed by atoms with Crippen LogP contribution in [-0.2, 0) is 5.60 Å². The fourth-order valence-electron chi connectivity index (χ4n) is 1.95. The molecule has 0 bridgehead atoms. The van der Waals surface area contributed by atoms with Gasteiger partial charge in [0, 0.05) is 12.7 Å². The van der Waals surface area contributed by atoms with Crippen molar-refractivity contribution in [2.75, 3.05) is 18.1 Å². The van der Waals surface area contributed by atoms with Gasteiger partial charge in [-0.3, -0.25) is 4.79 Å². The molecule has 2 rings (SSSR count). The van der Waals surface area contributed by atoms with E-state index in [0.29, 0.717) is 34.6 Å². The number of amides is 1. The predicted octanol–water partition coefficient (Wildman–Crippen LogP) is 3.51. The molecule has 7 nitrogen and oxygen atoms in total. The second kappa shape index (κ2) is 10.6. The topological polar surface area (TPSA) is 100 Å². The minimum absolute atomic E-state index is 0.301. The molecule has 1 amide bonds. The van der Waals surface area contributed by atoms with Crippen LogP contribution in [0.1, 0.15) is 43.7 Å². The van der Waals surface area contributed by atoms with E-state index >= 15 is 0 Å². The van der Waals surface area contributed by atoms with Crippen LogP contribution < -0.4 is 10.6 Å². The summed E-state index contributed by atoms with van der Waals surface area (Å²) in [6, 6.07) is 5.24. The normalized spacial score (nSPS) is 10.4. The zero-order chi connectivity index (χ0) is 20.4. The molecule has 146 valence electrons. The number of anilines is 2. The quantitative estimate of drug-likeness (QED) is 0.378. The molecule has 3 N–H and O–H groups in total. The van der Waals surface area contributed by atoms with Gasteiger partial charge in [-0.2, -0.15) is 0 Å². The highest BCUT2D eigenvalue weighted by Crippen LogP contribution is 2.23. The van der Waals surface area contributed by atoms with Crippen molar-refractivity contribution in [3.8, 4) is 0 Å². The van der Waals surface area contributed by atoms with E-state index in [-0.39, 0.29) is 5.91 Å². The van der Waals surface area contributed by atoms with Crippen LogP contribution in [0, 0.1) is 0 Å². The zero-order valence-electron chi connectivity index (χ0n) is 16.4. The number of thioether (sulfide) groups is 1. The van der Waals surface area contributed by atoms with Gasteiger partial charge in [-0.1, -0.05) is 37.8 Å². The second-order valence-electron chi connectivity index (χ2n) is 5.71. The van der Waals surface area contributed by atoms with Crippen LogP contribution in [0.2, 0.25) is 0 Å². The van der Waals surface area contributed by atoms with E-state index in [1.165, 1.54) is 18.0 Å². The van der Waals surface area contributed by atoms with Gasteiger partial charge in [0.2, 0.25) is 0 Å². The van der Waals surface area contributed by atoms with Crippen LogP contribution in [0.15, 0.2) is 42.2 Å². The summed E-state index contributed by atoms with van der Waals surface area (Å²) >= 11 is 1.37. The Bertz CT molecular complexity index is 775. The summed E-state index contributed by atoms with van der Waals surface area (Å²) in [4.78, 5) is 25.2. The Labute approximate surface area is 164 Å². The van der Waals surface area contributed by atoms with Gasteiger partial charge < -0.3 is 15.7 Å². The lowest BCUT2D eigenvalue weighted by molar-refractivity contribution is 0.0740. The molecule has 0 saturated heterocycles. The Kier molecular flexibility index (Phi) is 8.90. The predicted molar refractivity (Wildman–Crippen MR) is 110 cm³/mol. The molecule has 0 atom stereocenters. The summed E-state index contributed by atoms with van der Waals surface area (Å²) in [5, 5.41) is 16.4. The average Bonchev–Trinajstić information content (AvgIpc) is 2.67. The number of hydrogen-bond donors (Lipinski definition) is 3. The lowest BCUT2D eigenvalue weighted by atomic mass is 10.1. The Morgan fingerprint density at radius 1 is 1.33 bits per heavy atom. The van der Waals surface area contributed by atoms with Crippen LogP contribution in [0.5, 0.6) is 0 Å². The van der Waals surface area contributed by atoms with Crippen molar-refractivity contribution in [2.24, 2.45) is 0 Å². The van der Waals surface area contributed by atoms with Gasteiger partial charge in [0.05, 0.1) is 5.69 Å². The number of aromatic nitrogens is 3. The maximum absolute atomic E-state index is 12.3. The van der Waals surface area contributed by atoms with Crippen LogP contribution in [0.4, 0.5) is 11.6 Å². The number of aliphatic hydroxyl groups is 1. The van der Waals surface area contributed by atoms with E-state index in [4.69, 9.17) is 0 Å². The van der Waals surface area contributed by atoms with Crippen LogP contribution in [-0.4, -0.2) is 38.8 Å². The van der Waals surface area contributed by atoms with Gasteiger partial charge >= 0.3 is 0 Å². The smallest absolute Gasteiger partial charge is 0.256 e. The number of hydrogen-bond acceptors (Lipinski definition) is 7. The molecule has 0 unspecified atom stereocenters. The third-order valence-electron chi connectivity index (χ3n) is 3.22. The largest absolute Gasteiger partial charge is 0.384 e. The van der Waals surface area contributed by atoms with Crippen molar-refractivity contribution in [3.05, 3.63) is 48.3 Å². The number of nitrogens with one attached hydrogen (secondary N) is 2. The molecule has 8 heteroatoms. The first kappa shape index (κ1) is 22.6. The molecule has 27 heavy (non-hydrogen) atoms. The van der Waals surface area contributed by atoms with Crippen molar-refractivity contribution >= 4 is 29.3 Å². The van der Waals surface area contributed by atoms with Gasteiger partial charge in [0.25, 0.3) is 5.91 Å². The maximum Gasteiger partial charge on any atom is 0.256 e. The van der Waals surface area contributed by atoms with Gasteiger partial charge in [-0.25, -0.2) is 15.0 Å². The number of carbonyl (C=O) groups excluding carboxylic acids is 1. The maximum atomic E-state index is 12.3. The van der Waals surface area contributed by atoms with Crippen LogP contribution in [0.25, 0.3) is 0 Å². The number of carbonyl (C=O) groups is 1. The van der Waals surface area contributed by atoms with Crippen LogP contribution in [0.3, 0.4) is 0 Å². The van der Waals surface area contributed by atoms with E-state index in [1.807, 2.05) is 20.1 Å². The SMILES string of the molecule is C=CCNC(=O)c1cnc(SC)nc1Nc1cccc(C(C)(C)O)n1.CC. The Morgan fingerprint density at radius 2 is 2.04 bits per heavy atom. The van der Waals surface area contributed by atoms with Crippen molar-refractivity contribution in [3.63, 3.8) is 0 Å². The van der Waals surface area contributed by atoms with Gasteiger partial charge in [-0.15, -0.1) is 6.58 Å². The third-order valence-corrected chi connectivity index (χ3v) is 3.79. The van der Waals surface area contributed by atoms with Gasteiger partial charge in [0.1, 0.15) is 22.8 Å². The lowest BCUT2D eigenvalue weighted by Gasteiger charge is -2.18. The minimum atomic E-state index is -1.07. The molecule has 2 aromatic heterocycles. The monoisotopic (exact) mass is 389 g/mol. The summed E-state index contributed by atoms with van der Waals surface area (Å²) in [5.41, 5.74) is -0.262. The first-order valence-corrected chi connectivity index (χ1v) is 9.84. The second-order valence-corrected chi connectivity index (χ2v) is 6.48. The molecule has 0 saturated carbocycles. The van der Waals surface area contributed by atoms with Crippen molar-refractivity contribution in [2.45, 2.75) is 38.5 Å². The number of rotatable bonds is 7. The Balaban J connectivity index is 0.00000176. The summed E-state index contributed by atoms with van der Waals surface area (Å²) in [6.07, 6.45) is 4.92. The van der Waals surface area contributed by atoms with Crippen molar-refractivity contribution < 1.29 is 9.90 Å². The van der Waals surface area contributed by atoms with Crippen LogP contribution >= 0.6 is 11.8 Å². The molecular weight excluding hydrogens is 362 g/mol. The van der Waals surface area contributed by atoms with Crippen molar-refractivity contribution in [1.29, 1.82) is 0 Å². The number of nitrogens with zero attached hydrogens (tertiary/aromatic N) is 3. The summed E-state index contributed by atoms with van der Waals surface area (Å²) in [7, 11) is 0. The molecule has 0 aliphatic rings. The minimum Gasteiger partial charge on any atom is -0.384 e. The van der Waals surface area contributed by atoms with E-state index in [0.717, 1.165) is 0 Å². The molecule has 2 heterocycles. The highest BCUT2D eigenvalue weighted by atomic mass is 32.2. The van der Waals surface area contributed by atoms with E-state index in [2.05, 4.69) is 32.2 Å². The molecular formula is C19H27N5O2S. The third kappa shape index (κ3) is 6.65. The van der Waals surface area contributed by atoms with E-state index < -0.39 is 5.60 Å². The molecule has 0 aliphatic carbocycles.